The summed E-state index contributed by atoms with van der Waals surface area (Å²) in [5.41, 5.74) is -0.143. The van der Waals surface area contributed by atoms with E-state index in [-0.39, 0.29) is 5.69 Å². The average molecular weight is 188 g/mol. The van der Waals surface area contributed by atoms with Gasteiger partial charge in [-0.3, -0.25) is 4.79 Å². The van der Waals surface area contributed by atoms with E-state index >= 15 is 0 Å². The average Bonchev–Trinajstić information content (AvgIpc) is 2.05. The van der Waals surface area contributed by atoms with Crippen LogP contribution >= 0.6 is 11.6 Å². The first kappa shape index (κ1) is 8.80. The molecule has 1 rings (SSSR count). The lowest BCUT2D eigenvalue weighted by Crippen LogP contribution is -2.32. The van der Waals surface area contributed by atoms with E-state index < -0.39 is 5.24 Å². The summed E-state index contributed by atoms with van der Waals surface area (Å²) >= 11 is 5.12. The van der Waals surface area contributed by atoms with Gasteiger partial charge in [-0.2, -0.15) is 4.73 Å². The van der Waals surface area contributed by atoms with Crippen LogP contribution in [0, 0.1) is 5.21 Å². The van der Waals surface area contributed by atoms with Gasteiger partial charge in [0.05, 0.1) is 13.2 Å². The van der Waals surface area contributed by atoms with Gasteiger partial charge in [-0.1, -0.05) is 0 Å². The molecule has 0 bridgehead atoms. The van der Waals surface area contributed by atoms with Crippen molar-refractivity contribution in [2.24, 2.45) is 0 Å². The van der Waals surface area contributed by atoms with E-state index in [1.807, 2.05) is 0 Å². The highest BCUT2D eigenvalue weighted by atomic mass is 35.5. The molecule has 0 aliphatic heterocycles. The van der Waals surface area contributed by atoms with E-state index in [4.69, 9.17) is 16.3 Å². The van der Waals surface area contributed by atoms with Crippen LogP contribution in [-0.4, -0.2) is 12.4 Å². The van der Waals surface area contributed by atoms with E-state index in [9.17, 15) is 10.0 Å². The van der Waals surface area contributed by atoms with Crippen LogP contribution in [0.5, 0.6) is 5.75 Å². The fourth-order valence-corrected chi connectivity index (χ4v) is 0.876. The van der Waals surface area contributed by atoms with Crippen LogP contribution in [-0.2, 0) is 0 Å². The summed E-state index contributed by atoms with van der Waals surface area (Å²) in [4.78, 5) is 10.6. The van der Waals surface area contributed by atoms with Crippen LogP contribution < -0.4 is 9.47 Å². The fourth-order valence-electron chi connectivity index (χ4n) is 0.738. The van der Waals surface area contributed by atoms with Crippen LogP contribution in [0.1, 0.15) is 10.5 Å². The molecule has 64 valence electrons. The summed E-state index contributed by atoms with van der Waals surface area (Å²) in [6.45, 7) is 0. The molecule has 0 aliphatic rings. The largest absolute Gasteiger partial charge is 0.618 e. The molecule has 0 N–H and O–H groups in total. The molecule has 0 aromatic carbocycles. The summed E-state index contributed by atoms with van der Waals surface area (Å²) in [6, 6.07) is 2.72. The molecule has 0 spiro atoms. The smallest absolute Gasteiger partial charge is 0.318 e. The summed E-state index contributed by atoms with van der Waals surface area (Å²) in [7, 11) is 1.44. The van der Waals surface area contributed by atoms with Gasteiger partial charge in [-0.05, 0) is 11.6 Å². The minimum atomic E-state index is -0.802. The van der Waals surface area contributed by atoms with Crippen molar-refractivity contribution < 1.29 is 14.3 Å². The normalized spacial score (nSPS) is 9.50. The third-order valence-electron chi connectivity index (χ3n) is 1.33. The number of methoxy groups -OCH3 is 1. The van der Waals surface area contributed by atoms with E-state index in [0.717, 1.165) is 6.20 Å². The maximum atomic E-state index is 10.9. The Bertz CT molecular complexity index is 314. The molecule has 0 fully saturated rings. The van der Waals surface area contributed by atoms with Gasteiger partial charge >= 0.3 is 5.24 Å². The molecule has 0 radical (unpaired) electrons. The Hall–Kier alpha value is -1.29. The van der Waals surface area contributed by atoms with Gasteiger partial charge in [0, 0.05) is 6.07 Å². The van der Waals surface area contributed by atoms with Gasteiger partial charge in [-0.25, -0.2) is 0 Å². The molecule has 12 heavy (non-hydrogen) atoms. The fraction of sp³-hybridized carbons (Fsp3) is 0.143. The van der Waals surface area contributed by atoms with Crippen molar-refractivity contribution in [2.75, 3.05) is 7.11 Å². The number of carbonyl (C=O) groups excluding carboxylic acids is 1. The number of pyridine rings is 1. The van der Waals surface area contributed by atoms with Crippen molar-refractivity contribution in [3.05, 3.63) is 29.2 Å². The molecule has 0 saturated heterocycles. The summed E-state index contributed by atoms with van der Waals surface area (Å²) < 4.78 is 5.18. The number of aromatic nitrogens is 1. The van der Waals surface area contributed by atoms with Crippen molar-refractivity contribution in [3.63, 3.8) is 0 Å². The standard InChI is InChI=1S/C7H6ClNO3/c1-12-5-2-3-9(11)6(4-5)7(8)10/h2-4H,1H3. The molecule has 0 atom stereocenters. The Morgan fingerprint density at radius 2 is 2.42 bits per heavy atom. The zero-order chi connectivity index (χ0) is 9.14. The molecule has 0 aliphatic carbocycles. The highest BCUT2D eigenvalue weighted by molar-refractivity contribution is 6.67. The van der Waals surface area contributed by atoms with E-state index in [1.54, 1.807) is 0 Å². The lowest BCUT2D eigenvalue weighted by atomic mass is 10.3. The Morgan fingerprint density at radius 3 is 2.92 bits per heavy atom. The van der Waals surface area contributed by atoms with E-state index in [2.05, 4.69) is 0 Å². The van der Waals surface area contributed by atoms with Crippen LogP contribution in [0.4, 0.5) is 0 Å². The number of rotatable bonds is 2. The molecule has 0 saturated carbocycles. The highest BCUT2D eigenvalue weighted by Gasteiger charge is 2.13. The number of halogens is 1. The van der Waals surface area contributed by atoms with Crippen molar-refractivity contribution in [3.8, 4) is 5.75 Å². The first-order valence-electron chi connectivity index (χ1n) is 3.12. The van der Waals surface area contributed by atoms with Crippen LogP contribution in [0.2, 0.25) is 0 Å². The number of hydrogen-bond acceptors (Lipinski definition) is 3. The van der Waals surface area contributed by atoms with Gasteiger partial charge in [-0.15, -0.1) is 0 Å². The minimum absolute atomic E-state index is 0.143. The molecule has 1 aromatic rings. The molecule has 5 heteroatoms. The quantitative estimate of drug-likeness (QED) is 0.389. The molecule has 1 aromatic heterocycles. The molecule has 4 nitrogen and oxygen atoms in total. The van der Waals surface area contributed by atoms with E-state index in [1.165, 1.54) is 19.2 Å². The second-order valence-electron chi connectivity index (χ2n) is 2.05. The van der Waals surface area contributed by atoms with Gasteiger partial charge in [0.25, 0.3) is 5.69 Å². The monoisotopic (exact) mass is 187 g/mol. The third kappa shape index (κ3) is 1.65. The molecule has 0 amide bonds. The van der Waals surface area contributed by atoms with Crippen LogP contribution in [0.15, 0.2) is 18.3 Å². The topological polar surface area (TPSA) is 53.2 Å². The maximum Gasteiger partial charge on any atom is 0.318 e. The SMILES string of the molecule is COc1cc[n+]([O-])c(C(=O)Cl)c1. The number of carbonyl (C=O) groups is 1. The van der Waals surface area contributed by atoms with Gasteiger partial charge in [0.1, 0.15) is 5.75 Å². The maximum absolute atomic E-state index is 10.9. The molecule has 0 unspecified atom stereocenters. The molecular weight excluding hydrogens is 182 g/mol. The second kappa shape index (κ2) is 3.40. The zero-order valence-corrected chi connectivity index (χ0v) is 7.04. The predicted octanol–water partition coefficient (Wildman–Crippen LogP) is 0.708. The van der Waals surface area contributed by atoms with Gasteiger partial charge in [0.2, 0.25) is 0 Å². The van der Waals surface area contributed by atoms with Gasteiger partial charge < -0.3 is 9.94 Å². The number of nitrogens with zero attached hydrogens (tertiary/aromatic N) is 1. The lowest BCUT2D eigenvalue weighted by molar-refractivity contribution is -0.607. The molecule has 1 heterocycles. The Morgan fingerprint density at radius 1 is 1.75 bits per heavy atom. The zero-order valence-electron chi connectivity index (χ0n) is 6.28. The summed E-state index contributed by atoms with van der Waals surface area (Å²) in [5.74, 6) is 0.422. The highest BCUT2D eigenvalue weighted by Crippen LogP contribution is 2.09. The first-order chi connectivity index (χ1) is 5.65. The molecular formula is C7H6ClNO3. The van der Waals surface area contributed by atoms with Crippen LogP contribution in [0.3, 0.4) is 0 Å². The Labute approximate surface area is 73.9 Å². The van der Waals surface area contributed by atoms with E-state index in [0.29, 0.717) is 10.5 Å². The minimum Gasteiger partial charge on any atom is -0.618 e. The Balaban J connectivity index is 3.17. The number of ether oxygens (including phenoxy) is 1. The summed E-state index contributed by atoms with van der Waals surface area (Å²) in [6.07, 6.45) is 1.16. The van der Waals surface area contributed by atoms with Crippen LogP contribution in [0.25, 0.3) is 0 Å². The second-order valence-corrected chi connectivity index (χ2v) is 2.39. The first-order valence-corrected chi connectivity index (χ1v) is 3.50. The van der Waals surface area contributed by atoms with Crippen molar-refractivity contribution >= 4 is 16.8 Å². The summed E-state index contributed by atoms with van der Waals surface area (Å²) in [5, 5.41) is 10.1. The van der Waals surface area contributed by atoms with Crippen molar-refractivity contribution in [2.45, 2.75) is 0 Å². The lowest BCUT2D eigenvalue weighted by Gasteiger charge is -2.02. The van der Waals surface area contributed by atoms with Gasteiger partial charge in [0.15, 0.2) is 6.20 Å². The number of hydrogen-bond donors (Lipinski definition) is 0. The predicted molar refractivity (Wildman–Crippen MR) is 42.1 cm³/mol. The third-order valence-corrected chi connectivity index (χ3v) is 1.52. The van der Waals surface area contributed by atoms with Crippen molar-refractivity contribution in [1.82, 2.24) is 0 Å². The van der Waals surface area contributed by atoms with Crippen molar-refractivity contribution in [1.29, 1.82) is 0 Å². The Kier molecular flexibility index (Phi) is 2.50.